The minimum Gasteiger partial charge on any atom is -0.238 e. The van der Waals surface area contributed by atoms with Crippen LogP contribution in [0.2, 0.25) is 0 Å². The normalized spacial score (nSPS) is 12.0. The van der Waals surface area contributed by atoms with E-state index in [1.54, 1.807) is 31.2 Å². The fourth-order valence-electron chi connectivity index (χ4n) is 2.36. The molecule has 0 fully saturated rings. The topological polar surface area (TPSA) is 39.1 Å². The molecule has 3 rings (SSSR count). The first-order valence-corrected chi connectivity index (χ1v) is 8.42. The molecule has 0 atom stereocenters. The van der Waals surface area contributed by atoms with Crippen LogP contribution in [0.25, 0.3) is 10.9 Å². The van der Waals surface area contributed by atoms with E-state index in [0.29, 0.717) is 15.7 Å². The lowest BCUT2D eigenvalue weighted by atomic mass is 10.2. The lowest BCUT2D eigenvalue weighted by molar-refractivity contribution is 0.588. The van der Waals surface area contributed by atoms with E-state index < -0.39 is 15.8 Å². The zero-order chi connectivity index (χ0) is 15.2. The van der Waals surface area contributed by atoms with Crippen LogP contribution in [0, 0.1) is 12.7 Å². The van der Waals surface area contributed by atoms with Crippen LogP contribution in [-0.2, 0) is 10.0 Å². The van der Waals surface area contributed by atoms with Crippen LogP contribution in [0.5, 0.6) is 0 Å². The Morgan fingerprint density at radius 3 is 2.43 bits per heavy atom. The predicted molar refractivity (Wildman–Crippen MR) is 83.4 cm³/mol. The highest BCUT2D eigenvalue weighted by molar-refractivity contribution is 9.10. The molecule has 3 nitrogen and oxygen atoms in total. The summed E-state index contributed by atoms with van der Waals surface area (Å²) < 4.78 is 41.2. The average Bonchev–Trinajstić information content (AvgIpc) is 2.77. The number of nitrogens with zero attached hydrogens (tertiary/aromatic N) is 1. The highest BCUT2D eigenvalue weighted by Gasteiger charge is 2.22. The highest BCUT2D eigenvalue weighted by Crippen LogP contribution is 2.29. The first kappa shape index (κ1) is 14.3. The van der Waals surface area contributed by atoms with Crippen molar-refractivity contribution in [1.82, 2.24) is 3.97 Å². The molecular formula is C15H11BrFNO2S. The molecule has 0 aliphatic carbocycles. The molecule has 0 saturated heterocycles. The Morgan fingerprint density at radius 2 is 1.76 bits per heavy atom. The van der Waals surface area contributed by atoms with Gasteiger partial charge in [0.15, 0.2) is 0 Å². The summed E-state index contributed by atoms with van der Waals surface area (Å²) in [6.45, 7) is 1.65. The molecule has 0 aliphatic heterocycles. The second-order valence-electron chi connectivity index (χ2n) is 4.69. The zero-order valence-corrected chi connectivity index (χ0v) is 13.4. The van der Waals surface area contributed by atoms with Gasteiger partial charge in [-0.2, -0.15) is 0 Å². The van der Waals surface area contributed by atoms with E-state index in [1.807, 2.05) is 0 Å². The first-order valence-electron chi connectivity index (χ1n) is 6.19. The van der Waals surface area contributed by atoms with Crippen molar-refractivity contribution in [3.63, 3.8) is 0 Å². The Hall–Kier alpha value is -1.66. The van der Waals surface area contributed by atoms with Gasteiger partial charge in [-0.05, 0) is 37.3 Å². The first-order chi connectivity index (χ1) is 9.91. The molecule has 1 heterocycles. The molecule has 0 aliphatic rings. The number of aryl methyl sites for hydroxylation is 1. The Bertz CT molecular complexity index is 933. The van der Waals surface area contributed by atoms with Crippen molar-refractivity contribution < 1.29 is 12.8 Å². The summed E-state index contributed by atoms with van der Waals surface area (Å²) in [5, 5.41) is 0.287. The summed E-state index contributed by atoms with van der Waals surface area (Å²) in [5.74, 6) is -0.454. The minimum atomic E-state index is -3.76. The number of rotatable bonds is 2. The van der Waals surface area contributed by atoms with E-state index in [1.165, 1.54) is 28.2 Å². The van der Waals surface area contributed by atoms with E-state index in [9.17, 15) is 12.8 Å². The predicted octanol–water partition coefficient (Wildman–Crippen LogP) is 4.09. The van der Waals surface area contributed by atoms with E-state index >= 15 is 0 Å². The fraction of sp³-hybridized carbons (Fsp3) is 0.0667. The van der Waals surface area contributed by atoms with Gasteiger partial charge in [0.25, 0.3) is 10.0 Å². The second-order valence-corrected chi connectivity index (χ2v) is 7.39. The van der Waals surface area contributed by atoms with Crippen molar-refractivity contribution in [2.75, 3.05) is 0 Å². The lowest BCUT2D eigenvalue weighted by Crippen LogP contribution is -2.14. The molecule has 0 amide bonds. The maximum absolute atomic E-state index is 14.0. The van der Waals surface area contributed by atoms with E-state index in [4.69, 9.17) is 0 Å². The van der Waals surface area contributed by atoms with Crippen LogP contribution in [0.1, 0.15) is 5.69 Å². The number of hydrogen-bond acceptors (Lipinski definition) is 2. The molecule has 0 bridgehead atoms. The van der Waals surface area contributed by atoms with Crippen LogP contribution in [0.15, 0.2) is 57.9 Å². The summed E-state index contributed by atoms with van der Waals surface area (Å²) in [6.07, 6.45) is 0. The Morgan fingerprint density at radius 1 is 1.10 bits per heavy atom. The maximum Gasteiger partial charge on any atom is 0.268 e. The molecule has 6 heteroatoms. The molecule has 2 aromatic carbocycles. The van der Waals surface area contributed by atoms with Gasteiger partial charge < -0.3 is 0 Å². The van der Waals surface area contributed by atoms with Crippen molar-refractivity contribution in [2.24, 2.45) is 0 Å². The van der Waals surface area contributed by atoms with E-state index in [2.05, 4.69) is 15.9 Å². The Kier molecular flexibility index (Phi) is 3.37. The van der Waals surface area contributed by atoms with E-state index in [-0.39, 0.29) is 10.3 Å². The molecule has 21 heavy (non-hydrogen) atoms. The van der Waals surface area contributed by atoms with Gasteiger partial charge in [0.1, 0.15) is 5.82 Å². The number of halogens is 2. The van der Waals surface area contributed by atoms with Gasteiger partial charge in [0.05, 0.1) is 10.4 Å². The van der Waals surface area contributed by atoms with Crippen molar-refractivity contribution in [3.05, 3.63) is 64.5 Å². The standard InChI is InChI=1S/C15H11BrFNO2S/c1-10-7-13-14(17)8-11(16)9-15(13)18(10)21(19,20)12-5-3-2-4-6-12/h2-9H,1H3. The number of fused-ring (bicyclic) bond motifs is 1. The maximum atomic E-state index is 14.0. The van der Waals surface area contributed by atoms with Gasteiger partial charge >= 0.3 is 0 Å². The molecule has 0 radical (unpaired) electrons. The van der Waals surface area contributed by atoms with Crippen LogP contribution in [0.4, 0.5) is 4.39 Å². The largest absolute Gasteiger partial charge is 0.268 e. The van der Waals surface area contributed by atoms with Crippen LogP contribution < -0.4 is 0 Å². The quantitative estimate of drug-likeness (QED) is 0.684. The Balaban J connectivity index is 2.38. The number of aromatic nitrogens is 1. The van der Waals surface area contributed by atoms with Crippen molar-refractivity contribution in [2.45, 2.75) is 11.8 Å². The number of benzene rings is 2. The van der Waals surface area contributed by atoms with Crippen molar-refractivity contribution in [1.29, 1.82) is 0 Å². The summed E-state index contributed by atoms with van der Waals surface area (Å²) >= 11 is 3.20. The fourth-order valence-corrected chi connectivity index (χ4v) is 4.33. The minimum absolute atomic E-state index is 0.172. The van der Waals surface area contributed by atoms with Gasteiger partial charge in [0, 0.05) is 15.6 Å². The third-order valence-electron chi connectivity index (χ3n) is 3.25. The third kappa shape index (κ3) is 2.28. The molecule has 108 valence electrons. The molecule has 1 aromatic heterocycles. The summed E-state index contributed by atoms with van der Waals surface area (Å²) in [4.78, 5) is 0.172. The lowest BCUT2D eigenvalue weighted by Gasteiger charge is -2.10. The molecule has 0 unspecified atom stereocenters. The molecule has 0 saturated carbocycles. The molecule has 0 N–H and O–H groups in total. The van der Waals surface area contributed by atoms with Gasteiger partial charge in [-0.15, -0.1) is 0 Å². The summed E-state index contributed by atoms with van der Waals surface area (Å²) in [7, 11) is -3.76. The zero-order valence-electron chi connectivity index (χ0n) is 11.0. The van der Waals surface area contributed by atoms with E-state index in [0.717, 1.165) is 0 Å². The smallest absolute Gasteiger partial charge is 0.238 e. The van der Waals surface area contributed by atoms with Crippen LogP contribution in [0.3, 0.4) is 0 Å². The third-order valence-corrected chi connectivity index (χ3v) is 5.54. The summed E-state index contributed by atoms with van der Waals surface area (Å²) in [5.41, 5.74) is 0.786. The SMILES string of the molecule is Cc1cc2c(F)cc(Br)cc2n1S(=O)(=O)c1ccccc1. The van der Waals surface area contributed by atoms with Crippen molar-refractivity contribution in [3.8, 4) is 0 Å². The monoisotopic (exact) mass is 367 g/mol. The van der Waals surface area contributed by atoms with Crippen LogP contribution >= 0.6 is 15.9 Å². The average molecular weight is 368 g/mol. The van der Waals surface area contributed by atoms with Crippen molar-refractivity contribution >= 4 is 36.9 Å². The molecule has 3 aromatic rings. The highest BCUT2D eigenvalue weighted by atomic mass is 79.9. The molecular weight excluding hydrogens is 357 g/mol. The van der Waals surface area contributed by atoms with Gasteiger partial charge in [0.2, 0.25) is 0 Å². The number of hydrogen-bond donors (Lipinski definition) is 0. The summed E-state index contributed by atoms with van der Waals surface area (Å²) in [6, 6.07) is 12.6. The van der Waals surface area contributed by atoms with Gasteiger partial charge in [-0.25, -0.2) is 16.8 Å². The van der Waals surface area contributed by atoms with Gasteiger partial charge in [-0.3, -0.25) is 0 Å². The van der Waals surface area contributed by atoms with Crippen LogP contribution in [-0.4, -0.2) is 12.4 Å². The Labute approximate surface area is 130 Å². The second kappa shape index (κ2) is 4.96. The van der Waals surface area contributed by atoms with Gasteiger partial charge in [-0.1, -0.05) is 34.1 Å². The molecule has 0 spiro atoms.